The van der Waals surface area contributed by atoms with Crippen molar-refractivity contribution >= 4 is 27.7 Å². The van der Waals surface area contributed by atoms with Crippen LogP contribution in [-0.4, -0.2) is 62.7 Å². The van der Waals surface area contributed by atoms with Gasteiger partial charge in [-0.25, -0.2) is 8.70 Å². The van der Waals surface area contributed by atoms with Gasteiger partial charge in [0.05, 0.1) is 5.69 Å². The topological polar surface area (TPSA) is 90.0 Å². The maximum absolute atomic E-state index is 14.8. The molecule has 0 aromatic heterocycles. The summed E-state index contributed by atoms with van der Waals surface area (Å²) in [6, 6.07) is 22.8. The molecule has 38 heavy (non-hydrogen) atoms. The molecule has 3 rings (SSSR count). The Hall–Kier alpha value is -3.76. The fourth-order valence-corrected chi connectivity index (χ4v) is 5.05. The number of amides is 2. The van der Waals surface area contributed by atoms with E-state index < -0.39 is 34.5 Å². The number of hydrogen-bond donors (Lipinski definition) is 1. The molecule has 0 aliphatic carbocycles. The van der Waals surface area contributed by atoms with E-state index in [4.69, 9.17) is 0 Å². The number of anilines is 1. The fraction of sp³-hybridized carbons (Fsp3) is 0.286. The molecule has 3 aromatic carbocycles. The van der Waals surface area contributed by atoms with Gasteiger partial charge in [-0.3, -0.25) is 9.59 Å². The Morgan fingerprint density at radius 1 is 0.868 bits per heavy atom. The van der Waals surface area contributed by atoms with Crippen LogP contribution in [0.5, 0.6) is 0 Å². The Kier molecular flexibility index (Phi) is 9.98. The lowest BCUT2D eigenvalue weighted by atomic mass is 10.0. The highest BCUT2D eigenvalue weighted by atomic mass is 32.2. The Morgan fingerprint density at radius 2 is 1.42 bits per heavy atom. The minimum Gasteiger partial charge on any atom is -0.355 e. The van der Waals surface area contributed by atoms with Crippen LogP contribution in [0.4, 0.5) is 10.1 Å². The molecule has 0 radical (unpaired) electrons. The van der Waals surface area contributed by atoms with E-state index in [-0.39, 0.29) is 24.6 Å². The van der Waals surface area contributed by atoms with Gasteiger partial charge in [0.2, 0.25) is 11.8 Å². The quantitative estimate of drug-likeness (QED) is 0.382. The van der Waals surface area contributed by atoms with E-state index in [1.54, 1.807) is 6.92 Å². The molecule has 0 aliphatic rings. The number of nitrogens with zero attached hydrogens (tertiary/aromatic N) is 3. The molecule has 8 nitrogen and oxygen atoms in total. The zero-order valence-corrected chi connectivity index (χ0v) is 22.6. The molecule has 202 valence electrons. The normalized spacial score (nSPS) is 12.1. The SMILES string of the molecule is CCNC(=O)C(Cc1ccccc1)N(Cc1ccccc1)C(=O)CN(c1ccccc1F)S(=O)(=O)N(C)C. The summed E-state index contributed by atoms with van der Waals surface area (Å²) in [7, 11) is -1.64. The zero-order chi connectivity index (χ0) is 27.7. The number of carbonyl (C=O) groups excluding carboxylic acids is 2. The van der Waals surface area contributed by atoms with E-state index in [0.717, 1.165) is 25.8 Å². The third-order valence-corrected chi connectivity index (χ3v) is 7.76. The van der Waals surface area contributed by atoms with Gasteiger partial charge in [-0.05, 0) is 30.2 Å². The van der Waals surface area contributed by atoms with Crippen molar-refractivity contribution in [3.8, 4) is 0 Å². The van der Waals surface area contributed by atoms with Crippen LogP contribution in [0.1, 0.15) is 18.1 Å². The summed E-state index contributed by atoms with van der Waals surface area (Å²) in [5.41, 5.74) is 1.34. The van der Waals surface area contributed by atoms with Crippen LogP contribution < -0.4 is 9.62 Å². The number of halogens is 1. The maximum Gasteiger partial charge on any atom is 0.304 e. The third-order valence-electron chi connectivity index (χ3n) is 5.96. The summed E-state index contributed by atoms with van der Waals surface area (Å²) in [6.07, 6.45) is 0.214. The highest BCUT2D eigenvalue weighted by Crippen LogP contribution is 2.24. The van der Waals surface area contributed by atoms with Gasteiger partial charge in [-0.1, -0.05) is 72.8 Å². The molecule has 10 heteroatoms. The highest BCUT2D eigenvalue weighted by molar-refractivity contribution is 7.90. The van der Waals surface area contributed by atoms with E-state index in [1.165, 1.54) is 37.2 Å². The standard InChI is InChI=1S/C28H33FN4O4S/c1-4-30-28(35)26(19-22-13-7-5-8-14-22)32(20-23-15-9-6-10-16-23)27(34)21-33(38(36,37)31(2)3)25-18-12-11-17-24(25)29/h5-18,26H,4,19-21H2,1-3H3,(H,30,35). The lowest BCUT2D eigenvalue weighted by molar-refractivity contribution is -0.140. The average molecular weight is 541 g/mol. The number of carbonyl (C=O) groups is 2. The molecule has 0 spiro atoms. The minimum atomic E-state index is -4.25. The summed E-state index contributed by atoms with van der Waals surface area (Å²) in [5.74, 6) is -1.80. The number of para-hydroxylation sites is 1. The number of nitrogens with one attached hydrogen (secondary N) is 1. The number of hydrogen-bond acceptors (Lipinski definition) is 4. The van der Waals surface area contributed by atoms with Crippen molar-refractivity contribution in [2.45, 2.75) is 25.9 Å². The number of likely N-dealkylation sites (N-methyl/N-ethyl adjacent to an activating group) is 1. The van der Waals surface area contributed by atoms with Crippen LogP contribution in [0.25, 0.3) is 0 Å². The Bertz CT molecular complexity index is 1320. The van der Waals surface area contributed by atoms with Crippen LogP contribution in [0.15, 0.2) is 84.9 Å². The minimum absolute atomic E-state index is 0.0570. The van der Waals surface area contributed by atoms with Crippen molar-refractivity contribution in [1.82, 2.24) is 14.5 Å². The summed E-state index contributed by atoms with van der Waals surface area (Å²) >= 11 is 0. The second-order valence-corrected chi connectivity index (χ2v) is 10.9. The Balaban J connectivity index is 2.07. The van der Waals surface area contributed by atoms with Crippen LogP contribution in [0, 0.1) is 5.82 Å². The van der Waals surface area contributed by atoms with Gasteiger partial charge >= 0.3 is 10.2 Å². The van der Waals surface area contributed by atoms with Crippen molar-refractivity contribution < 1.29 is 22.4 Å². The van der Waals surface area contributed by atoms with E-state index in [0.29, 0.717) is 6.54 Å². The molecule has 1 N–H and O–H groups in total. The first-order valence-electron chi connectivity index (χ1n) is 12.2. The Morgan fingerprint density at radius 3 is 1.97 bits per heavy atom. The highest BCUT2D eigenvalue weighted by Gasteiger charge is 2.35. The maximum atomic E-state index is 14.8. The monoisotopic (exact) mass is 540 g/mol. The molecule has 0 fully saturated rings. The van der Waals surface area contributed by atoms with Crippen LogP contribution in [0.3, 0.4) is 0 Å². The summed E-state index contributed by atoms with van der Waals surface area (Å²) in [6.45, 7) is 1.50. The molecular weight excluding hydrogens is 507 g/mol. The average Bonchev–Trinajstić information content (AvgIpc) is 2.90. The van der Waals surface area contributed by atoms with Gasteiger partial charge < -0.3 is 10.2 Å². The van der Waals surface area contributed by atoms with Crippen molar-refractivity contribution in [3.63, 3.8) is 0 Å². The molecule has 0 saturated carbocycles. The lowest BCUT2D eigenvalue weighted by Crippen LogP contribution is -2.54. The molecule has 1 unspecified atom stereocenters. The summed E-state index contributed by atoms with van der Waals surface area (Å²) in [4.78, 5) is 28.6. The molecule has 0 saturated heterocycles. The van der Waals surface area contributed by atoms with Crippen LogP contribution in [-0.2, 0) is 32.8 Å². The van der Waals surface area contributed by atoms with Gasteiger partial charge in [-0.2, -0.15) is 12.7 Å². The van der Waals surface area contributed by atoms with Crippen molar-refractivity contribution in [1.29, 1.82) is 0 Å². The third kappa shape index (κ3) is 7.17. The molecule has 1 atom stereocenters. The van der Waals surface area contributed by atoms with E-state index >= 15 is 0 Å². The second-order valence-electron chi connectivity index (χ2n) is 8.86. The van der Waals surface area contributed by atoms with Crippen molar-refractivity contribution in [2.24, 2.45) is 0 Å². The van der Waals surface area contributed by atoms with Gasteiger partial charge in [0.15, 0.2) is 0 Å². The van der Waals surface area contributed by atoms with Crippen LogP contribution >= 0.6 is 0 Å². The predicted molar refractivity (Wildman–Crippen MR) is 146 cm³/mol. The molecule has 2 amide bonds. The van der Waals surface area contributed by atoms with E-state index in [9.17, 15) is 22.4 Å². The first-order chi connectivity index (χ1) is 18.1. The first-order valence-corrected chi connectivity index (χ1v) is 13.6. The number of rotatable bonds is 12. The number of benzene rings is 3. The van der Waals surface area contributed by atoms with Gasteiger partial charge in [-0.15, -0.1) is 0 Å². The fourth-order valence-electron chi connectivity index (χ4n) is 3.98. The molecule has 0 bridgehead atoms. The predicted octanol–water partition coefficient (Wildman–Crippen LogP) is 3.21. The van der Waals surface area contributed by atoms with E-state index in [1.807, 2.05) is 60.7 Å². The molecular formula is C28H33FN4O4S. The van der Waals surface area contributed by atoms with Crippen LogP contribution in [0.2, 0.25) is 0 Å². The molecule has 0 heterocycles. The van der Waals surface area contributed by atoms with Gasteiger partial charge in [0.25, 0.3) is 0 Å². The second kappa shape index (κ2) is 13.2. The van der Waals surface area contributed by atoms with Gasteiger partial charge in [0.1, 0.15) is 18.4 Å². The van der Waals surface area contributed by atoms with Gasteiger partial charge in [0, 0.05) is 33.6 Å². The van der Waals surface area contributed by atoms with Crippen molar-refractivity contribution in [3.05, 3.63) is 102 Å². The van der Waals surface area contributed by atoms with E-state index in [2.05, 4.69) is 5.32 Å². The first kappa shape index (κ1) is 28.8. The summed E-state index contributed by atoms with van der Waals surface area (Å²) < 4.78 is 42.9. The Labute approximate surface area is 223 Å². The summed E-state index contributed by atoms with van der Waals surface area (Å²) in [5, 5.41) is 2.80. The molecule has 3 aromatic rings. The zero-order valence-electron chi connectivity index (χ0n) is 21.7. The van der Waals surface area contributed by atoms with Crippen molar-refractivity contribution in [2.75, 3.05) is 31.5 Å². The smallest absolute Gasteiger partial charge is 0.304 e. The largest absolute Gasteiger partial charge is 0.355 e. The molecule has 0 aliphatic heterocycles. The lowest BCUT2D eigenvalue weighted by Gasteiger charge is -2.34.